The fraction of sp³-hybridized carbons (Fsp3) is 0.222. The Morgan fingerprint density at radius 3 is 1.90 bits per heavy atom. The predicted molar refractivity (Wildman–Crippen MR) is 168 cm³/mol. The van der Waals surface area contributed by atoms with Crippen molar-refractivity contribution < 1.29 is 9.47 Å². The molecule has 5 rings (SSSR count). The van der Waals surface area contributed by atoms with Gasteiger partial charge in [0.25, 0.3) is 0 Å². The van der Waals surface area contributed by atoms with E-state index in [9.17, 15) is 0 Å². The van der Waals surface area contributed by atoms with Crippen LogP contribution in [0.15, 0.2) is 108 Å². The van der Waals surface area contributed by atoms with Gasteiger partial charge in [0, 0.05) is 11.3 Å². The topological polar surface area (TPSA) is 18.5 Å². The Balaban J connectivity index is 1.85. The van der Waals surface area contributed by atoms with Crippen LogP contribution in [0.1, 0.15) is 61.4 Å². The molecule has 4 aromatic rings. The van der Waals surface area contributed by atoms with Crippen molar-refractivity contribution in [2.75, 3.05) is 14.2 Å². The lowest BCUT2D eigenvalue weighted by Crippen LogP contribution is -2.25. The third-order valence-electron chi connectivity index (χ3n) is 7.96. The summed E-state index contributed by atoms with van der Waals surface area (Å²) in [5.74, 6) is 1.71. The third kappa shape index (κ3) is 4.96. The Morgan fingerprint density at radius 1 is 0.725 bits per heavy atom. The molecule has 4 heteroatoms. The number of methoxy groups -OCH3 is 2. The first-order valence-electron chi connectivity index (χ1n) is 13.4. The zero-order valence-electron chi connectivity index (χ0n) is 23.8. The van der Waals surface area contributed by atoms with E-state index in [-0.39, 0.29) is 11.3 Å². The van der Waals surface area contributed by atoms with Crippen LogP contribution in [0.2, 0.25) is 10.0 Å². The van der Waals surface area contributed by atoms with Crippen molar-refractivity contribution in [1.29, 1.82) is 0 Å². The molecule has 0 saturated heterocycles. The molecule has 40 heavy (non-hydrogen) atoms. The maximum atomic E-state index is 6.62. The summed E-state index contributed by atoms with van der Waals surface area (Å²) in [7, 11) is 3.40. The fourth-order valence-corrected chi connectivity index (χ4v) is 6.48. The number of rotatable bonds is 7. The van der Waals surface area contributed by atoms with Crippen LogP contribution in [0, 0.1) is 0 Å². The van der Waals surface area contributed by atoms with E-state index in [1.54, 1.807) is 14.2 Å². The first-order valence-corrected chi connectivity index (χ1v) is 14.2. The standard InChI is InChI=1S/C36H34Cl2O2/c1-22(2)35(36(3,4)25-14-18-27(40-6)19-15-25)34-32(23-11-16-26(39-5)17-12-23)28-9-7-8-10-29(28)33(34)24-13-20-30(37)31(38)21-24/h7-21,32H,1-6H3/t32-/m0/s1. The molecular weight excluding hydrogens is 535 g/mol. The molecule has 1 aliphatic carbocycles. The van der Waals surface area contributed by atoms with E-state index < -0.39 is 0 Å². The molecule has 1 atom stereocenters. The van der Waals surface area contributed by atoms with Crippen LogP contribution in [0.4, 0.5) is 0 Å². The fourth-order valence-electron chi connectivity index (χ4n) is 6.18. The molecule has 1 aliphatic rings. The largest absolute Gasteiger partial charge is 0.497 e. The lowest BCUT2D eigenvalue weighted by molar-refractivity contribution is 0.414. The van der Waals surface area contributed by atoms with Gasteiger partial charge in [-0.25, -0.2) is 0 Å². The zero-order chi connectivity index (χ0) is 28.6. The SMILES string of the molecule is COc1ccc([C@@H]2C(C(=C(C)C)C(C)(C)c3ccc(OC)cc3)=C(c3ccc(Cl)c(Cl)c3)c3ccccc32)cc1. The molecule has 4 aromatic carbocycles. The van der Waals surface area contributed by atoms with E-state index in [0.717, 1.165) is 17.1 Å². The van der Waals surface area contributed by atoms with E-state index in [4.69, 9.17) is 32.7 Å². The molecule has 0 unspecified atom stereocenters. The molecule has 0 aromatic heterocycles. The maximum Gasteiger partial charge on any atom is 0.118 e. The predicted octanol–water partition coefficient (Wildman–Crippen LogP) is 10.3. The van der Waals surface area contributed by atoms with Crippen LogP contribution in [-0.2, 0) is 5.41 Å². The zero-order valence-corrected chi connectivity index (χ0v) is 25.3. The van der Waals surface area contributed by atoms with Crippen molar-refractivity contribution in [3.05, 3.63) is 146 Å². The first kappa shape index (κ1) is 28.1. The number of hydrogen-bond donors (Lipinski definition) is 0. The third-order valence-corrected chi connectivity index (χ3v) is 8.70. The van der Waals surface area contributed by atoms with Gasteiger partial charge >= 0.3 is 0 Å². The molecule has 0 fully saturated rings. The Kier molecular flexibility index (Phi) is 7.86. The van der Waals surface area contributed by atoms with Crippen molar-refractivity contribution in [2.45, 2.75) is 39.0 Å². The Morgan fingerprint density at radius 2 is 1.32 bits per heavy atom. The molecule has 0 bridgehead atoms. The van der Waals surface area contributed by atoms with Crippen molar-refractivity contribution >= 4 is 28.8 Å². The molecule has 204 valence electrons. The van der Waals surface area contributed by atoms with Gasteiger partial charge in [-0.1, -0.05) is 97.2 Å². The Labute approximate surface area is 247 Å². The Bertz CT molecular complexity index is 1610. The van der Waals surface area contributed by atoms with Gasteiger partial charge in [0.1, 0.15) is 11.5 Å². The van der Waals surface area contributed by atoms with Crippen molar-refractivity contribution in [3.63, 3.8) is 0 Å². The summed E-state index contributed by atoms with van der Waals surface area (Å²) in [6.07, 6.45) is 0. The molecular formula is C36H34Cl2O2. The summed E-state index contributed by atoms with van der Waals surface area (Å²) in [5, 5.41) is 1.09. The number of hydrogen-bond acceptors (Lipinski definition) is 2. The van der Waals surface area contributed by atoms with Crippen LogP contribution < -0.4 is 9.47 Å². The van der Waals surface area contributed by atoms with Crippen LogP contribution in [0.3, 0.4) is 0 Å². The van der Waals surface area contributed by atoms with Gasteiger partial charge in [0.15, 0.2) is 0 Å². The van der Waals surface area contributed by atoms with E-state index in [1.807, 2.05) is 36.4 Å². The van der Waals surface area contributed by atoms with E-state index >= 15 is 0 Å². The monoisotopic (exact) mass is 568 g/mol. The second-order valence-corrected chi connectivity index (χ2v) is 11.8. The molecule has 0 spiro atoms. The maximum absolute atomic E-state index is 6.62. The molecule has 0 heterocycles. The number of halogens is 2. The highest BCUT2D eigenvalue weighted by molar-refractivity contribution is 6.42. The average molecular weight is 570 g/mol. The normalized spacial score (nSPS) is 14.7. The minimum atomic E-state index is -0.311. The van der Waals surface area contributed by atoms with Gasteiger partial charge in [0.2, 0.25) is 0 Å². The van der Waals surface area contributed by atoms with Crippen molar-refractivity contribution in [1.82, 2.24) is 0 Å². The molecule has 0 amide bonds. The molecule has 0 N–H and O–H groups in total. The van der Waals surface area contributed by atoms with Crippen molar-refractivity contribution in [2.24, 2.45) is 0 Å². The highest BCUT2D eigenvalue weighted by Gasteiger charge is 2.40. The van der Waals surface area contributed by atoms with Crippen LogP contribution >= 0.6 is 23.2 Å². The molecule has 0 radical (unpaired) electrons. The van der Waals surface area contributed by atoms with Crippen LogP contribution in [0.25, 0.3) is 5.57 Å². The summed E-state index contributed by atoms with van der Waals surface area (Å²) in [6.45, 7) is 9.05. The number of benzene rings is 4. The van der Waals surface area contributed by atoms with E-state index in [1.165, 1.54) is 44.5 Å². The van der Waals surface area contributed by atoms with Gasteiger partial charge in [-0.2, -0.15) is 0 Å². The number of allylic oxidation sites excluding steroid dienone is 3. The summed E-state index contributed by atoms with van der Waals surface area (Å²) in [6, 6.07) is 31.6. The van der Waals surface area contributed by atoms with Gasteiger partial charge in [0.05, 0.1) is 24.3 Å². The minimum Gasteiger partial charge on any atom is -0.497 e. The highest BCUT2D eigenvalue weighted by atomic mass is 35.5. The second-order valence-electron chi connectivity index (χ2n) is 10.9. The molecule has 2 nitrogen and oxygen atoms in total. The van der Waals surface area contributed by atoms with E-state index in [2.05, 4.69) is 82.3 Å². The Hall–Kier alpha value is -3.46. The van der Waals surface area contributed by atoms with Crippen LogP contribution in [-0.4, -0.2) is 14.2 Å². The summed E-state index contributed by atoms with van der Waals surface area (Å²) in [4.78, 5) is 0. The summed E-state index contributed by atoms with van der Waals surface area (Å²) < 4.78 is 11.0. The van der Waals surface area contributed by atoms with Gasteiger partial charge in [-0.3, -0.25) is 0 Å². The minimum absolute atomic E-state index is 0.0222. The summed E-state index contributed by atoms with van der Waals surface area (Å²) in [5.41, 5.74) is 10.7. The first-order chi connectivity index (χ1) is 19.2. The lowest BCUT2D eigenvalue weighted by Gasteiger charge is -2.35. The second kappa shape index (κ2) is 11.2. The van der Waals surface area contributed by atoms with Gasteiger partial charge in [-0.05, 0) is 94.8 Å². The number of ether oxygens (including phenoxy) is 2. The van der Waals surface area contributed by atoms with Gasteiger partial charge < -0.3 is 9.47 Å². The smallest absolute Gasteiger partial charge is 0.118 e. The van der Waals surface area contributed by atoms with Crippen molar-refractivity contribution in [3.8, 4) is 11.5 Å². The quantitative estimate of drug-likeness (QED) is 0.220. The van der Waals surface area contributed by atoms with Crippen LogP contribution in [0.5, 0.6) is 11.5 Å². The molecule has 0 saturated carbocycles. The average Bonchev–Trinajstić information content (AvgIpc) is 3.28. The molecule has 0 aliphatic heterocycles. The highest BCUT2D eigenvalue weighted by Crippen LogP contribution is 2.55. The number of fused-ring (bicyclic) bond motifs is 1. The summed E-state index contributed by atoms with van der Waals surface area (Å²) >= 11 is 13.0. The van der Waals surface area contributed by atoms with E-state index in [0.29, 0.717) is 10.0 Å². The van der Waals surface area contributed by atoms with Gasteiger partial charge in [-0.15, -0.1) is 0 Å². The lowest BCUT2D eigenvalue weighted by atomic mass is 9.68.